The molecule has 1 amide bonds. The maximum Gasteiger partial charge on any atom is 0.255 e. The second-order valence-electron chi connectivity index (χ2n) is 7.72. The summed E-state index contributed by atoms with van der Waals surface area (Å²) in [6.07, 6.45) is 3.97. The molecule has 8 heteroatoms. The Kier molecular flexibility index (Phi) is 4.99. The zero-order chi connectivity index (χ0) is 21.4. The lowest BCUT2D eigenvalue weighted by Crippen LogP contribution is -2.25. The van der Waals surface area contributed by atoms with Crippen LogP contribution in [0.25, 0.3) is 16.9 Å². The Morgan fingerprint density at radius 1 is 1.16 bits per heavy atom. The lowest BCUT2D eigenvalue weighted by Gasteiger charge is -2.08. The van der Waals surface area contributed by atoms with E-state index in [1.165, 1.54) is 0 Å². The number of H-pyrrole nitrogens is 1. The molecule has 0 atom stereocenters. The average molecular weight is 431 g/mol. The van der Waals surface area contributed by atoms with Gasteiger partial charge in [-0.2, -0.15) is 10.2 Å². The first kappa shape index (κ1) is 19.4. The van der Waals surface area contributed by atoms with Gasteiger partial charge in [0.15, 0.2) is 10.6 Å². The molecule has 1 aliphatic rings. The maximum atomic E-state index is 13.2. The maximum absolute atomic E-state index is 13.2. The van der Waals surface area contributed by atoms with E-state index in [0.717, 1.165) is 35.5 Å². The Hall–Kier alpha value is -3.52. The highest BCUT2D eigenvalue weighted by atomic mass is 32.1. The molecule has 1 saturated carbocycles. The lowest BCUT2D eigenvalue weighted by molar-refractivity contribution is 0.0950. The molecule has 2 N–H and O–H groups in total. The van der Waals surface area contributed by atoms with Gasteiger partial charge in [-0.3, -0.25) is 14.5 Å². The molecule has 0 bridgehead atoms. The minimum Gasteiger partial charge on any atom is -0.345 e. The average Bonchev–Trinajstić information content (AvgIpc) is 3.41. The van der Waals surface area contributed by atoms with Crippen LogP contribution >= 0.6 is 12.2 Å². The lowest BCUT2D eigenvalue weighted by atomic mass is 10.0. The second-order valence-corrected chi connectivity index (χ2v) is 8.10. The molecule has 31 heavy (non-hydrogen) atoms. The summed E-state index contributed by atoms with van der Waals surface area (Å²) in [7, 11) is 0. The third kappa shape index (κ3) is 3.82. The minimum absolute atomic E-state index is 0.198. The van der Waals surface area contributed by atoms with Gasteiger partial charge in [-0.25, -0.2) is 4.68 Å². The van der Waals surface area contributed by atoms with E-state index in [0.29, 0.717) is 28.6 Å². The van der Waals surface area contributed by atoms with Crippen molar-refractivity contribution in [2.45, 2.75) is 32.4 Å². The summed E-state index contributed by atoms with van der Waals surface area (Å²) in [5.41, 5.74) is 4.06. The fourth-order valence-corrected chi connectivity index (χ4v) is 4.02. The number of aromatic amines is 1. The van der Waals surface area contributed by atoms with E-state index in [4.69, 9.17) is 17.3 Å². The van der Waals surface area contributed by atoms with Crippen LogP contribution in [-0.2, 0) is 6.54 Å². The Morgan fingerprint density at radius 2 is 1.90 bits per heavy atom. The topological polar surface area (TPSA) is 80.5 Å². The van der Waals surface area contributed by atoms with Crippen LogP contribution in [0.3, 0.4) is 0 Å². The van der Waals surface area contributed by atoms with Crippen molar-refractivity contribution in [3.63, 3.8) is 0 Å². The zero-order valence-electron chi connectivity index (χ0n) is 17.1. The van der Waals surface area contributed by atoms with Crippen LogP contribution in [0.5, 0.6) is 0 Å². The van der Waals surface area contributed by atoms with Crippen molar-refractivity contribution in [3.8, 4) is 16.9 Å². The van der Waals surface area contributed by atoms with Crippen LogP contribution in [-0.4, -0.2) is 30.5 Å². The van der Waals surface area contributed by atoms with Crippen LogP contribution in [0.2, 0.25) is 0 Å². The number of carbonyl (C=O) groups excluding carboxylic acids is 1. The number of hydrogen-bond donors (Lipinski definition) is 2. The predicted octanol–water partition coefficient (Wildman–Crippen LogP) is 4.37. The van der Waals surface area contributed by atoms with Gasteiger partial charge >= 0.3 is 0 Å². The van der Waals surface area contributed by atoms with Gasteiger partial charge < -0.3 is 5.32 Å². The van der Waals surface area contributed by atoms with Crippen molar-refractivity contribution >= 4 is 18.1 Å². The van der Waals surface area contributed by atoms with Crippen molar-refractivity contribution in [1.82, 2.24) is 29.9 Å². The Labute approximate surface area is 184 Å². The molecule has 0 spiro atoms. The monoisotopic (exact) mass is 430 g/mol. The van der Waals surface area contributed by atoms with E-state index >= 15 is 0 Å². The number of rotatable bonds is 6. The van der Waals surface area contributed by atoms with Crippen LogP contribution in [0.1, 0.15) is 40.6 Å². The third-order valence-corrected chi connectivity index (χ3v) is 5.76. The van der Waals surface area contributed by atoms with Gasteiger partial charge in [0.2, 0.25) is 0 Å². The first-order chi connectivity index (χ1) is 15.1. The van der Waals surface area contributed by atoms with E-state index in [9.17, 15) is 4.79 Å². The molecule has 1 aliphatic carbocycles. The molecule has 0 saturated heterocycles. The summed E-state index contributed by atoms with van der Waals surface area (Å²) in [6, 6.07) is 18.1. The van der Waals surface area contributed by atoms with Gasteiger partial charge in [-0.1, -0.05) is 42.5 Å². The van der Waals surface area contributed by atoms with Crippen molar-refractivity contribution in [3.05, 3.63) is 82.5 Å². The molecule has 1 fully saturated rings. The molecule has 4 aromatic rings. The summed E-state index contributed by atoms with van der Waals surface area (Å²) in [4.78, 5) is 13.2. The van der Waals surface area contributed by atoms with Gasteiger partial charge in [-0.15, -0.1) is 0 Å². The van der Waals surface area contributed by atoms with Crippen molar-refractivity contribution in [2.75, 3.05) is 0 Å². The number of para-hydroxylation sites is 1. The number of nitrogens with one attached hydrogen (secondary N) is 2. The summed E-state index contributed by atoms with van der Waals surface area (Å²) >= 11 is 5.34. The summed E-state index contributed by atoms with van der Waals surface area (Å²) in [5, 5.41) is 14.9. The van der Waals surface area contributed by atoms with E-state index in [1.54, 1.807) is 10.9 Å². The molecule has 2 aromatic carbocycles. The number of aryl methyl sites for hydroxylation is 1. The molecule has 2 heterocycles. The Bertz CT molecular complexity index is 1300. The molecule has 0 aliphatic heterocycles. The van der Waals surface area contributed by atoms with Crippen molar-refractivity contribution in [2.24, 2.45) is 0 Å². The highest BCUT2D eigenvalue weighted by Crippen LogP contribution is 2.35. The number of aromatic nitrogens is 5. The molecule has 5 rings (SSSR count). The van der Waals surface area contributed by atoms with E-state index in [-0.39, 0.29) is 5.91 Å². The van der Waals surface area contributed by atoms with E-state index < -0.39 is 0 Å². The molecule has 0 radical (unpaired) electrons. The Balaban J connectivity index is 1.48. The summed E-state index contributed by atoms with van der Waals surface area (Å²) < 4.78 is 4.35. The van der Waals surface area contributed by atoms with Gasteiger partial charge in [0, 0.05) is 17.8 Å². The molecule has 0 unspecified atom stereocenters. The molecule has 156 valence electrons. The predicted molar refractivity (Wildman–Crippen MR) is 121 cm³/mol. The van der Waals surface area contributed by atoms with Gasteiger partial charge in [0.25, 0.3) is 5.91 Å². The van der Waals surface area contributed by atoms with Gasteiger partial charge in [-0.05, 0) is 49.7 Å². The second kappa shape index (κ2) is 7.96. The Morgan fingerprint density at radius 3 is 2.65 bits per heavy atom. The van der Waals surface area contributed by atoms with Crippen LogP contribution in [0.4, 0.5) is 0 Å². The van der Waals surface area contributed by atoms with Crippen LogP contribution in [0, 0.1) is 11.7 Å². The number of benzene rings is 2. The number of carbonyl (C=O) groups is 1. The van der Waals surface area contributed by atoms with Crippen molar-refractivity contribution < 1.29 is 4.79 Å². The normalized spacial score (nSPS) is 13.3. The third-order valence-electron chi connectivity index (χ3n) is 5.48. The van der Waals surface area contributed by atoms with E-state index in [1.807, 2.05) is 66.1 Å². The number of hydrogen-bond acceptors (Lipinski definition) is 4. The standard InChI is InChI=1S/C23H22N6OS/c1-15-7-5-6-10-18(15)21-19(14-28(27-21)16-8-3-2-4-9-16)22(30)24-13-20-25-26-23(31)29(20)17-11-12-17/h2-10,14,17H,11-13H2,1H3,(H,24,30)(H,26,31). The highest BCUT2D eigenvalue weighted by Gasteiger charge is 2.27. The fourth-order valence-electron chi connectivity index (χ4n) is 3.72. The van der Waals surface area contributed by atoms with Crippen LogP contribution < -0.4 is 5.32 Å². The van der Waals surface area contributed by atoms with Gasteiger partial charge in [0.1, 0.15) is 5.69 Å². The largest absolute Gasteiger partial charge is 0.345 e. The molecule has 2 aromatic heterocycles. The van der Waals surface area contributed by atoms with Crippen LogP contribution in [0.15, 0.2) is 60.8 Å². The minimum atomic E-state index is -0.198. The number of nitrogens with zero attached hydrogens (tertiary/aromatic N) is 4. The first-order valence-electron chi connectivity index (χ1n) is 10.3. The molecular weight excluding hydrogens is 408 g/mol. The smallest absolute Gasteiger partial charge is 0.255 e. The van der Waals surface area contributed by atoms with E-state index in [2.05, 4.69) is 15.5 Å². The molecular formula is C23H22N6OS. The van der Waals surface area contributed by atoms with Crippen molar-refractivity contribution in [1.29, 1.82) is 0 Å². The zero-order valence-corrected chi connectivity index (χ0v) is 17.9. The summed E-state index contributed by atoms with van der Waals surface area (Å²) in [5.74, 6) is 0.547. The quantitative estimate of drug-likeness (QED) is 0.445. The van der Waals surface area contributed by atoms with Gasteiger partial charge in [0.05, 0.1) is 17.8 Å². The fraction of sp³-hybridized carbons (Fsp3) is 0.217. The first-order valence-corrected chi connectivity index (χ1v) is 10.7. The highest BCUT2D eigenvalue weighted by molar-refractivity contribution is 7.71. The summed E-state index contributed by atoms with van der Waals surface area (Å²) in [6.45, 7) is 2.32. The molecule has 7 nitrogen and oxygen atoms in total. The SMILES string of the molecule is Cc1ccccc1-c1nn(-c2ccccc2)cc1C(=O)NCc1n[nH]c(=S)n1C1CC1. The number of amides is 1.